The molecule has 1 atom stereocenters. The van der Waals surface area contributed by atoms with Crippen molar-refractivity contribution in [1.82, 2.24) is 5.32 Å². The molecule has 5 nitrogen and oxygen atoms in total. The molecule has 2 N–H and O–H groups in total. The topological polar surface area (TPSA) is 74.1 Å². The highest BCUT2D eigenvalue weighted by Gasteiger charge is 2.36. The zero-order chi connectivity index (χ0) is 13.7. The van der Waals surface area contributed by atoms with Crippen LogP contribution in [0.1, 0.15) is 13.3 Å². The number of amides is 1. The van der Waals surface area contributed by atoms with Crippen LogP contribution in [-0.2, 0) is 4.79 Å². The fourth-order valence-corrected chi connectivity index (χ4v) is 2.07. The summed E-state index contributed by atoms with van der Waals surface area (Å²) in [6.07, 6.45) is 0.837. The van der Waals surface area contributed by atoms with E-state index in [1.165, 1.54) is 0 Å². The van der Waals surface area contributed by atoms with Crippen LogP contribution in [0.2, 0.25) is 0 Å². The standard InChI is InChI=1S/C14H17N3O2/c1-14(5-7-16-10-14)13(18)17-11-3-2-4-12(9-11)19-8-6-15/h2-4,9,16H,5,7-8,10H2,1H3,(H,17,18). The minimum Gasteiger partial charge on any atom is -0.479 e. The molecule has 0 radical (unpaired) electrons. The average molecular weight is 259 g/mol. The van der Waals surface area contributed by atoms with Crippen LogP contribution in [0.5, 0.6) is 5.75 Å². The van der Waals surface area contributed by atoms with Crippen LogP contribution in [-0.4, -0.2) is 25.6 Å². The number of nitrogens with zero attached hydrogens (tertiary/aromatic N) is 1. The van der Waals surface area contributed by atoms with Gasteiger partial charge in [0.05, 0.1) is 5.41 Å². The summed E-state index contributed by atoms with van der Waals surface area (Å²) in [5.41, 5.74) is 0.331. The average Bonchev–Trinajstić information content (AvgIpc) is 2.85. The van der Waals surface area contributed by atoms with E-state index < -0.39 is 0 Å². The van der Waals surface area contributed by atoms with Crippen molar-refractivity contribution in [2.45, 2.75) is 13.3 Å². The summed E-state index contributed by atoms with van der Waals surface area (Å²) in [4.78, 5) is 12.2. The van der Waals surface area contributed by atoms with Gasteiger partial charge in [-0.2, -0.15) is 5.26 Å². The molecule has 1 aliphatic heterocycles. The summed E-state index contributed by atoms with van der Waals surface area (Å²) in [5, 5.41) is 14.6. The van der Waals surface area contributed by atoms with Gasteiger partial charge in [-0.15, -0.1) is 0 Å². The monoisotopic (exact) mass is 259 g/mol. The number of nitrogens with one attached hydrogen (secondary N) is 2. The molecule has 1 heterocycles. The summed E-state index contributed by atoms with van der Waals surface area (Å²) in [7, 11) is 0. The van der Waals surface area contributed by atoms with Crippen LogP contribution in [0.4, 0.5) is 5.69 Å². The zero-order valence-electron chi connectivity index (χ0n) is 10.9. The van der Waals surface area contributed by atoms with Crippen molar-refractivity contribution in [2.75, 3.05) is 25.0 Å². The van der Waals surface area contributed by atoms with Crippen LogP contribution in [0.3, 0.4) is 0 Å². The number of ether oxygens (including phenoxy) is 1. The minimum absolute atomic E-state index is 0.000957. The maximum absolute atomic E-state index is 12.2. The van der Waals surface area contributed by atoms with Gasteiger partial charge < -0.3 is 15.4 Å². The number of carbonyl (C=O) groups is 1. The molecule has 2 rings (SSSR count). The Labute approximate surface area is 112 Å². The minimum atomic E-state index is -0.358. The zero-order valence-corrected chi connectivity index (χ0v) is 10.9. The molecule has 1 aliphatic rings. The van der Waals surface area contributed by atoms with Crippen LogP contribution < -0.4 is 15.4 Å². The van der Waals surface area contributed by atoms with Crippen molar-refractivity contribution in [3.63, 3.8) is 0 Å². The first-order valence-corrected chi connectivity index (χ1v) is 6.26. The predicted molar refractivity (Wildman–Crippen MR) is 71.8 cm³/mol. The maximum atomic E-state index is 12.2. The van der Waals surface area contributed by atoms with E-state index in [-0.39, 0.29) is 17.9 Å². The van der Waals surface area contributed by atoms with Gasteiger partial charge in [-0.3, -0.25) is 4.79 Å². The number of hydrogen-bond acceptors (Lipinski definition) is 4. The normalized spacial score (nSPS) is 21.7. The summed E-state index contributed by atoms with van der Waals surface area (Å²) in [6, 6.07) is 8.99. The Bertz CT molecular complexity index is 502. The first kappa shape index (κ1) is 13.4. The number of nitriles is 1. The number of rotatable bonds is 4. The number of hydrogen-bond donors (Lipinski definition) is 2. The summed E-state index contributed by atoms with van der Waals surface area (Å²) < 4.78 is 5.20. The van der Waals surface area contributed by atoms with Crippen molar-refractivity contribution in [1.29, 1.82) is 5.26 Å². The van der Waals surface area contributed by atoms with Crippen LogP contribution >= 0.6 is 0 Å². The SMILES string of the molecule is CC1(C(=O)Nc2cccc(OCC#N)c2)CCNC1. The molecule has 0 spiro atoms. The second kappa shape index (κ2) is 5.72. The van der Waals surface area contributed by atoms with Crippen molar-refractivity contribution in [3.05, 3.63) is 24.3 Å². The molecule has 5 heteroatoms. The summed E-state index contributed by atoms with van der Waals surface area (Å²) >= 11 is 0. The van der Waals surface area contributed by atoms with Crippen LogP contribution in [0, 0.1) is 16.7 Å². The Morgan fingerprint density at radius 2 is 2.47 bits per heavy atom. The predicted octanol–water partition coefficient (Wildman–Crippen LogP) is 1.53. The Kier molecular flexibility index (Phi) is 4.03. The van der Waals surface area contributed by atoms with E-state index in [0.717, 1.165) is 13.0 Å². The van der Waals surface area contributed by atoms with Crippen molar-refractivity contribution >= 4 is 11.6 Å². The lowest BCUT2D eigenvalue weighted by Gasteiger charge is -2.21. The first-order valence-electron chi connectivity index (χ1n) is 6.26. The molecule has 0 aromatic heterocycles. The largest absolute Gasteiger partial charge is 0.479 e. The van der Waals surface area contributed by atoms with Gasteiger partial charge in [0.15, 0.2) is 6.61 Å². The molecule has 19 heavy (non-hydrogen) atoms. The Balaban J connectivity index is 2.02. The summed E-state index contributed by atoms with van der Waals surface area (Å²) in [6.45, 7) is 3.52. The number of anilines is 1. The summed E-state index contributed by atoms with van der Waals surface area (Å²) in [5.74, 6) is 0.587. The van der Waals surface area contributed by atoms with Gasteiger partial charge in [0.25, 0.3) is 0 Å². The second-order valence-electron chi connectivity index (χ2n) is 4.92. The first-order chi connectivity index (χ1) is 9.14. The van der Waals surface area contributed by atoms with E-state index in [1.807, 2.05) is 19.1 Å². The fraction of sp³-hybridized carbons (Fsp3) is 0.429. The quantitative estimate of drug-likeness (QED) is 0.860. The van der Waals surface area contributed by atoms with E-state index in [2.05, 4.69) is 10.6 Å². The molecule has 1 aromatic rings. The Morgan fingerprint density at radius 1 is 1.63 bits per heavy atom. The third kappa shape index (κ3) is 3.24. The molecular weight excluding hydrogens is 242 g/mol. The molecule has 0 saturated carbocycles. The number of benzene rings is 1. The molecular formula is C14H17N3O2. The molecule has 1 aromatic carbocycles. The Morgan fingerprint density at radius 3 is 3.16 bits per heavy atom. The highest BCUT2D eigenvalue weighted by Crippen LogP contribution is 2.27. The van der Waals surface area contributed by atoms with E-state index >= 15 is 0 Å². The van der Waals surface area contributed by atoms with Crippen LogP contribution in [0.25, 0.3) is 0 Å². The van der Waals surface area contributed by atoms with Gasteiger partial charge >= 0.3 is 0 Å². The van der Waals surface area contributed by atoms with Gasteiger partial charge in [0.2, 0.25) is 5.91 Å². The van der Waals surface area contributed by atoms with E-state index in [4.69, 9.17) is 10.00 Å². The molecule has 0 aliphatic carbocycles. The Hall–Kier alpha value is -2.06. The van der Waals surface area contributed by atoms with Crippen molar-refractivity contribution in [3.8, 4) is 11.8 Å². The molecule has 1 amide bonds. The van der Waals surface area contributed by atoms with E-state index in [0.29, 0.717) is 18.0 Å². The van der Waals surface area contributed by atoms with Gasteiger partial charge in [-0.05, 0) is 32.0 Å². The third-order valence-corrected chi connectivity index (χ3v) is 3.31. The lowest BCUT2D eigenvalue weighted by molar-refractivity contribution is -0.123. The highest BCUT2D eigenvalue weighted by atomic mass is 16.5. The smallest absolute Gasteiger partial charge is 0.231 e. The highest BCUT2D eigenvalue weighted by molar-refractivity contribution is 5.95. The third-order valence-electron chi connectivity index (χ3n) is 3.31. The van der Waals surface area contributed by atoms with Crippen molar-refractivity contribution in [2.24, 2.45) is 5.41 Å². The number of carbonyl (C=O) groups excluding carboxylic acids is 1. The lowest BCUT2D eigenvalue weighted by atomic mass is 9.89. The van der Waals surface area contributed by atoms with Gasteiger partial charge in [0.1, 0.15) is 11.8 Å². The van der Waals surface area contributed by atoms with E-state index in [9.17, 15) is 4.79 Å². The van der Waals surface area contributed by atoms with Gasteiger partial charge in [-0.25, -0.2) is 0 Å². The maximum Gasteiger partial charge on any atom is 0.231 e. The van der Waals surface area contributed by atoms with Gasteiger partial charge in [-0.1, -0.05) is 6.07 Å². The molecule has 1 fully saturated rings. The van der Waals surface area contributed by atoms with E-state index in [1.54, 1.807) is 18.2 Å². The molecule has 1 unspecified atom stereocenters. The lowest BCUT2D eigenvalue weighted by Crippen LogP contribution is -2.35. The molecule has 100 valence electrons. The van der Waals surface area contributed by atoms with Crippen molar-refractivity contribution < 1.29 is 9.53 Å². The second-order valence-corrected chi connectivity index (χ2v) is 4.92. The molecule has 1 saturated heterocycles. The fourth-order valence-electron chi connectivity index (χ4n) is 2.07. The van der Waals surface area contributed by atoms with Crippen LogP contribution in [0.15, 0.2) is 24.3 Å². The molecule has 0 bridgehead atoms. The van der Waals surface area contributed by atoms with Gasteiger partial charge in [0, 0.05) is 18.3 Å².